The third-order valence-electron chi connectivity index (χ3n) is 3.49. The zero-order valence-electron chi connectivity index (χ0n) is 11.2. The molecule has 2 rings (SSSR count). The normalized spacial score (nSPS) is 23.7. The van der Waals surface area contributed by atoms with Crippen molar-refractivity contribution < 1.29 is 13.2 Å². The summed E-state index contributed by atoms with van der Waals surface area (Å²) in [6.07, 6.45) is 1.39. The van der Waals surface area contributed by atoms with Crippen LogP contribution in [0.2, 0.25) is 0 Å². The summed E-state index contributed by atoms with van der Waals surface area (Å²) in [5.41, 5.74) is 7.32. The van der Waals surface area contributed by atoms with Gasteiger partial charge in [0.05, 0.1) is 17.0 Å². The fourth-order valence-corrected chi connectivity index (χ4v) is 3.59. The predicted octanol–water partition coefficient (Wildman–Crippen LogP) is 1.29. The highest BCUT2D eigenvalue weighted by Gasteiger charge is 2.29. The third-order valence-corrected chi connectivity index (χ3v) is 4.98. The van der Waals surface area contributed by atoms with Gasteiger partial charge in [0.2, 0.25) is 10.0 Å². The van der Waals surface area contributed by atoms with Crippen LogP contribution in [-0.2, 0) is 21.2 Å². The lowest BCUT2D eigenvalue weighted by molar-refractivity contribution is 0.117. The number of aryl methyl sites for hydroxylation is 1. The first-order valence-corrected chi connectivity index (χ1v) is 7.94. The number of nitrogen functional groups attached to an aromatic ring is 1. The number of rotatable bonds is 4. The van der Waals surface area contributed by atoms with E-state index in [0.717, 1.165) is 12.0 Å². The summed E-state index contributed by atoms with van der Waals surface area (Å²) in [6.45, 7) is 4.44. The van der Waals surface area contributed by atoms with E-state index in [0.29, 0.717) is 18.7 Å². The molecule has 106 valence electrons. The molecule has 6 heteroatoms. The second-order valence-corrected chi connectivity index (χ2v) is 6.52. The van der Waals surface area contributed by atoms with Crippen LogP contribution >= 0.6 is 0 Å². The van der Waals surface area contributed by atoms with Crippen molar-refractivity contribution in [2.45, 2.75) is 43.7 Å². The summed E-state index contributed by atoms with van der Waals surface area (Å²) >= 11 is 0. The molecule has 0 amide bonds. The van der Waals surface area contributed by atoms with E-state index in [-0.39, 0.29) is 17.0 Å². The second-order valence-electron chi connectivity index (χ2n) is 4.81. The molecule has 0 radical (unpaired) electrons. The largest absolute Gasteiger partial charge is 0.398 e. The van der Waals surface area contributed by atoms with Gasteiger partial charge in [-0.05, 0) is 37.5 Å². The number of ether oxygens (including phenoxy) is 1. The lowest BCUT2D eigenvalue weighted by Crippen LogP contribution is -2.39. The van der Waals surface area contributed by atoms with Gasteiger partial charge >= 0.3 is 0 Å². The molecule has 0 aliphatic carbocycles. The van der Waals surface area contributed by atoms with Gasteiger partial charge in [-0.3, -0.25) is 0 Å². The number of hydrogen-bond acceptors (Lipinski definition) is 4. The van der Waals surface area contributed by atoms with Gasteiger partial charge in [-0.2, -0.15) is 0 Å². The minimum Gasteiger partial charge on any atom is -0.398 e. The maximum absolute atomic E-state index is 12.3. The quantitative estimate of drug-likeness (QED) is 0.816. The van der Waals surface area contributed by atoms with E-state index >= 15 is 0 Å². The molecule has 1 saturated heterocycles. The van der Waals surface area contributed by atoms with Crippen LogP contribution in [0.4, 0.5) is 5.69 Å². The van der Waals surface area contributed by atoms with E-state index in [2.05, 4.69) is 4.72 Å². The molecule has 19 heavy (non-hydrogen) atoms. The first kappa shape index (κ1) is 14.3. The molecule has 1 aromatic carbocycles. The van der Waals surface area contributed by atoms with Crippen LogP contribution in [0, 0.1) is 0 Å². The highest BCUT2D eigenvalue weighted by atomic mass is 32.2. The van der Waals surface area contributed by atoms with Crippen molar-refractivity contribution in [3.63, 3.8) is 0 Å². The van der Waals surface area contributed by atoms with Gasteiger partial charge < -0.3 is 10.5 Å². The maximum atomic E-state index is 12.3. The third kappa shape index (κ3) is 3.08. The van der Waals surface area contributed by atoms with Gasteiger partial charge in [0, 0.05) is 12.3 Å². The average molecular weight is 284 g/mol. The monoisotopic (exact) mass is 284 g/mol. The Morgan fingerprint density at radius 3 is 2.74 bits per heavy atom. The summed E-state index contributed by atoms with van der Waals surface area (Å²) in [6, 6.07) is 4.70. The van der Waals surface area contributed by atoms with Crippen LogP contribution in [0.3, 0.4) is 0 Å². The number of nitrogens with two attached hydrogens (primary N) is 1. The van der Waals surface area contributed by atoms with Crippen molar-refractivity contribution in [1.29, 1.82) is 0 Å². The van der Waals surface area contributed by atoms with E-state index in [9.17, 15) is 8.42 Å². The molecule has 0 saturated carbocycles. The fraction of sp³-hybridized carbons (Fsp3) is 0.538. The Labute approximate surface area is 114 Å². The lowest BCUT2D eigenvalue weighted by atomic mass is 10.1. The Bertz CT molecular complexity index is 557. The van der Waals surface area contributed by atoms with Crippen molar-refractivity contribution in [3.8, 4) is 0 Å². The molecule has 5 nitrogen and oxygen atoms in total. The molecule has 1 fully saturated rings. The summed E-state index contributed by atoms with van der Waals surface area (Å²) in [5.74, 6) is 0. The molecule has 2 unspecified atom stereocenters. The van der Waals surface area contributed by atoms with Gasteiger partial charge in [-0.1, -0.05) is 13.0 Å². The highest BCUT2D eigenvalue weighted by Crippen LogP contribution is 2.21. The molecule has 3 N–H and O–H groups in total. The molecular weight excluding hydrogens is 264 g/mol. The number of sulfonamides is 1. The predicted molar refractivity (Wildman–Crippen MR) is 74.4 cm³/mol. The van der Waals surface area contributed by atoms with E-state index in [4.69, 9.17) is 10.5 Å². The Morgan fingerprint density at radius 1 is 1.47 bits per heavy atom. The van der Waals surface area contributed by atoms with E-state index in [1.807, 2.05) is 13.8 Å². The minimum atomic E-state index is -3.53. The summed E-state index contributed by atoms with van der Waals surface area (Å²) < 4.78 is 32.6. The van der Waals surface area contributed by atoms with Gasteiger partial charge in [-0.25, -0.2) is 13.1 Å². The van der Waals surface area contributed by atoms with Crippen molar-refractivity contribution in [1.82, 2.24) is 4.72 Å². The van der Waals surface area contributed by atoms with Gasteiger partial charge in [0.1, 0.15) is 0 Å². The van der Waals surface area contributed by atoms with Crippen LogP contribution in [0.15, 0.2) is 23.1 Å². The maximum Gasteiger partial charge on any atom is 0.240 e. The molecule has 0 aromatic heterocycles. The summed E-state index contributed by atoms with van der Waals surface area (Å²) in [5, 5.41) is 0. The van der Waals surface area contributed by atoms with Crippen molar-refractivity contribution >= 4 is 15.7 Å². The molecule has 1 aliphatic heterocycles. The number of anilines is 1. The summed E-state index contributed by atoms with van der Waals surface area (Å²) in [7, 11) is -3.53. The molecule has 2 atom stereocenters. The lowest BCUT2D eigenvalue weighted by Gasteiger charge is -2.16. The zero-order valence-corrected chi connectivity index (χ0v) is 12.0. The van der Waals surface area contributed by atoms with Crippen LogP contribution < -0.4 is 10.5 Å². The molecule has 1 aliphatic rings. The van der Waals surface area contributed by atoms with E-state index in [1.165, 1.54) is 6.07 Å². The van der Waals surface area contributed by atoms with Crippen molar-refractivity contribution in [2.24, 2.45) is 0 Å². The molecule has 1 heterocycles. The SMILES string of the molecule is CCc1ccc(S(=O)(=O)NC2CCOC2C)cc1N. The Hall–Kier alpha value is -1.11. The second kappa shape index (κ2) is 5.48. The standard InChI is InChI=1S/C13H20N2O3S/c1-3-10-4-5-11(8-12(10)14)19(16,17)15-13-6-7-18-9(13)2/h4-5,8-9,13,15H,3,6-7,14H2,1-2H3. The van der Waals surface area contributed by atoms with Gasteiger partial charge in [-0.15, -0.1) is 0 Å². The minimum absolute atomic E-state index is 0.0953. The van der Waals surface area contributed by atoms with Gasteiger partial charge in [0.25, 0.3) is 0 Å². The van der Waals surface area contributed by atoms with Crippen LogP contribution in [0.5, 0.6) is 0 Å². The first-order chi connectivity index (χ1) is 8.94. The molecule has 0 bridgehead atoms. The average Bonchev–Trinajstić information content (AvgIpc) is 2.74. The Morgan fingerprint density at radius 2 is 2.21 bits per heavy atom. The zero-order chi connectivity index (χ0) is 14.0. The highest BCUT2D eigenvalue weighted by molar-refractivity contribution is 7.89. The number of benzene rings is 1. The van der Waals surface area contributed by atoms with Crippen LogP contribution in [0.1, 0.15) is 25.8 Å². The Kier molecular flexibility index (Phi) is 4.13. The number of nitrogens with one attached hydrogen (secondary N) is 1. The topological polar surface area (TPSA) is 81.4 Å². The number of hydrogen-bond donors (Lipinski definition) is 2. The molecular formula is C13H20N2O3S. The van der Waals surface area contributed by atoms with Crippen LogP contribution in [0.25, 0.3) is 0 Å². The van der Waals surface area contributed by atoms with Crippen molar-refractivity contribution in [3.05, 3.63) is 23.8 Å². The van der Waals surface area contributed by atoms with Gasteiger partial charge in [0.15, 0.2) is 0 Å². The van der Waals surface area contributed by atoms with E-state index in [1.54, 1.807) is 12.1 Å². The fourth-order valence-electron chi connectivity index (χ4n) is 2.22. The van der Waals surface area contributed by atoms with Crippen molar-refractivity contribution in [2.75, 3.05) is 12.3 Å². The first-order valence-electron chi connectivity index (χ1n) is 6.46. The smallest absolute Gasteiger partial charge is 0.240 e. The molecule has 0 spiro atoms. The molecule has 1 aromatic rings. The van der Waals surface area contributed by atoms with E-state index < -0.39 is 10.0 Å². The van der Waals surface area contributed by atoms with Crippen LogP contribution in [-0.4, -0.2) is 27.2 Å². The summed E-state index contributed by atoms with van der Waals surface area (Å²) in [4.78, 5) is 0.210. The Balaban J connectivity index is 2.22.